The van der Waals surface area contributed by atoms with Gasteiger partial charge in [0.1, 0.15) is 12.4 Å². The van der Waals surface area contributed by atoms with Gasteiger partial charge >= 0.3 is 6.18 Å². The highest BCUT2D eigenvalue weighted by Crippen LogP contribution is 2.32. The number of amides is 1. The molecule has 1 fully saturated rings. The molecule has 0 spiro atoms. The minimum atomic E-state index is -4.65. The van der Waals surface area contributed by atoms with E-state index >= 15 is 0 Å². The predicted octanol–water partition coefficient (Wildman–Crippen LogP) is 3.52. The van der Waals surface area contributed by atoms with Crippen molar-refractivity contribution in [2.24, 2.45) is 0 Å². The van der Waals surface area contributed by atoms with Crippen molar-refractivity contribution in [3.8, 4) is 5.75 Å². The molecule has 4 rings (SSSR count). The first-order valence-electron chi connectivity index (χ1n) is 9.89. The molecule has 0 atom stereocenters. The van der Waals surface area contributed by atoms with Gasteiger partial charge in [0.25, 0.3) is 5.91 Å². The zero-order chi connectivity index (χ0) is 22.2. The molecule has 2 aromatic carbocycles. The first kappa shape index (κ1) is 21.6. The van der Waals surface area contributed by atoms with E-state index in [1.165, 1.54) is 0 Å². The number of carbonyl (C=O) groups excluding carboxylic acids is 1. The van der Waals surface area contributed by atoms with Gasteiger partial charge in [-0.1, -0.05) is 6.07 Å². The number of rotatable bonds is 3. The summed E-state index contributed by atoms with van der Waals surface area (Å²) >= 11 is 0. The summed E-state index contributed by atoms with van der Waals surface area (Å²) in [5, 5.41) is 0. The summed E-state index contributed by atoms with van der Waals surface area (Å²) in [6.07, 6.45) is -2.75. The largest absolute Gasteiger partial charge is 0.492 e. The Bertz CT molecular complexity index is 1100. The van der Waals surface area contributed by atoms with E-state index in [1.54, 1.807) is 23.1 Å². The molecule has 0 N–H and O–H groups in total. The van der Waals surface area contributed by atoms with Crippen molar-refractivity contribution in [3.05, 3.63) is 59.2 Å². The average Bonchev–Trinajstić information content (AvgIpc) is 3.18. The Balaban J connectivity index is 1.63. The molecular weight excluding hydrogens is 433 g/mol. The van der Waals surface area contributed by atoms with Crippen LogP contribution in [0.1, 0.15) is 34.3 Å². The van der Waals surface area contributed by atoms with Gasteiger partial charge in [0, 0.05) is 37.3 Å². The number of fused-ring (bicyclic) bond motifs is 1. The Morgan fingerprint density at radius 3 is 2.45 bits per heavy atom. The summed E-state index contributed by atoms with van der Waals surface area (Å²) in [5.41, 5.74) is -0.0980. The summed E-state index contributed by atoms with van der Waals surface area (Å²) in [4.78, 5) is 14.0. The van der Waals surface area contributed by atoms with Gasteiger partial charge in [-0.25, -0.2) is 8.42 Å². The van der Waals surface area contributed by atoms with Gasteiger partial charge in [-0.15, -0.1) is 0 Å². The van der Waals surface area contributed by atoms with Crippen LogP contribution in [-0.4, -0.2) is 49.8 Å². The van der Waals surface area contributed by atoms with E-state index < -0.39 is 26.7 Å². The number of alkyl halides is 3. The van der Waals surface area contributed by atoms with Crippen molar-refractivity contribution in [2.75, 3.05) is 26.2 Å². The van der Waals surface area contributed by atoms with Gasteiger partial charge in [0.2, 0.25) is 10.0 Å². The molecule has 31 heavy (non-hydrogen) atoms. The van der Waals surface area contributed by atoms with E-state index in [2.05, 4.69) is 0 Å². The zero-order valence-electron chi connectivity index (χ0n) is 16.6. The molecule has 0 saturated carbocycles. The summed E-state index contributed by atoms with van der Waals surface area (Å²) < 4.78 is 72.0. The highest BCUT2D eigenvalue weighted by atomic mass is 32.2. The molecule has 0 aliphatic carbocycles. The van der Waals surface area contributed by atoms with Crippen molar-refractivity contribution in [3.63, 3.8) is 0 Å². The predicted molar refractivity (Wildman–Crippen MR) is 106 cm³/mol. The SMILES string of the molecule is O=C(c1ccc2c(c1)CN(S(=O)(=O)c1cccc(C(F)(F)F)c1)CCO2)N1CCCC1. The molecule has 0 unspecified atom stereocenters. The van der Waals surface area contributed by atoms with Crippen LogP contribution in [0.5, 0.6) is 5.75 Å². The van der Waals surface area contributed by atoms with Crippen LogP contribution in [0.3, 0.4) is 0 Å². The van der Waals surface area contributed by atoms with E-state index in [9.17, 15) is 26.4 Å². The van der Waals surface area contributed by atoms with E-state index in [4.69, 9.17) is 4.74 Å². The molecule has 2 aliphatic heterocycles. The molecule has 0 bridgehead atoms. The second-order valence-corrected chi connectivity index (χ2v) is 9.47. The third-order valence-corrected chi connectivity index (χ3v) is 7.29. The van der Waals surface area contributed by atoms with Crippen LogP contribution in [0.4, 0.5) is 13.2 Å². The molecule has 0 radical (unpaired) electrons. The average molecular weight is 454 g/mol. The van der Waals surface area contributed by atoms with Crippen molar-refractivity contribution in [2.45, 2.75) is 30.5 Å². The highest BCUT2D eigenvalue weighted by Gasteiger charge is 2.34. The maximum Gasteiger partial charge on any atom is 0.416 e. The Hall–Kier alpha value is -2.59. The van der Waals surface area contributed by atoms with Gasteiger partial charge in [0.05, 0.1) is 10.5 Å². The lowest BCUT2D eigenvalue weighted by molar-refractivity contribution is -0.137. The summed E-state index contributed by atoms with van der Waals surface area (Å²) in [6, 6.07) is 8.58. The number of carbonyl (C=O) groups is 1. The van der Waals surface area contributed by atoms with Crippen LogP contribution in [0, 0.1) is 0 Å². The summed E-state index contributed by atoms with van der Waals surface area (Å²) in [5.74, 6) is 0.330. The minimum Gasteiger partial charge on any atom is -0.492 e. The Morgan fingerprint density at radius 2 is 1.74 bits per heavy atom. The monoisotopic (exact) mass is 454 g/mol. The van der Waals surface area contributed by atoms with Gasteiger partial charge in [0.15, 0.2) is 0 Å². The molecule has 166 valence electrons. The molecule has 10 heteroatoms. The van der Waals surface area contributed by atoms with Crippen molar-refractivity contribution < 1.29 is 31.1 Å². The third kappa shape index (κ3) is 4.40. The van der Waals surface area contributed by atoms with Crippen molar-refractivity contribution in [1.29, 1.82) is 0 Å². The Kier molecular flexibility index (Phi) is 5.69. The lowest BCUT2D eigenvalue weighted by Gasteiger charge is -2.21. The lowest BCUT2D eigenvalue weighted by Crippen LogP contribution is -2.32. The molecule has 1 amide bonds. The van der Waals surface area contributed by atoms with Crippen LogP contribution < -0.4 is 4.74 Å². The van der Waals surface area contributed by atoms with Crippen LogP contribution >= 0.6 is 0 Å². The second kappa shape index (κ2) is 8.16. The Morgan fingerprint density at radius 1 is 1.00 bits per heavy atom. The fraction of sp³-hybridized carbons (Fsp3) is 0.381. The summed E-state index contributed by atoms with van der Waals surface area (Å²) in [7, 11) is -4.20. The molecule has 2 aliphatic rings. The van der Waals surface area contributed by atoms with Crippen LogP contribution in [0.25, 0.3) is 0 Å². The molecule has 2 aromatic rings. The van der Waals surface area contributed by atoms with Gasteiger partial charge < -0.3 is 9.64 Å². The van der Waals surface area contributed by atoms with E-state index in [-0.39, 0.29) is 25.6 Å². The van der Waals surface area contributed by atoms with E-state index in [0.29, 0.717) is 36.0 Å². The third-order valence-electron chi connectivity index (χ3n) is 5.44. The standard InChI is InChI=1S/C21H21F3N2O4S/c22-21(23,24)17-4-3-5-18(13-17)31(28,29)26-10-11-30-19-7-6-15(12-16(19)14-26)20(27)25-8-1-2-9-25/h3-7,12-13H,1-2,8-11,14H2. The number of ether oxygens (including phenoxy) is 1. The molecule has 2 heterocycles. The van der Waals surface area contributed by atoms with Crippen LogP contribution in [-0.2, 0) is 22.7 Å². The molecule has 0 aromatic heterocycles. The fourth-order valence-corrected chi connectivity index (χ4v) is 5.24. The smallest absolute Gasteiger partial charge is 0.416 e. The van der Waals surface area contributed by atoms with Gasteiger partial charge in [-0.3, -0.25) is 4.79 Å². The molecule has 1 saturated heterocycles. The topological polar surface area (TPSA) is 66.9 Å². The number of halogens is 3. The second-order valence-electron chi connectivity index (χ2n) is 7.53. The molecule has 6 nitrogen and oxygen atoms in total. The number of benzene rings is 2. The molecular formula is C21H21F3N2O4S. The quantitative estimate of drug-likeness (QED) is 0.712. The van der Waals surface area contributed by atoms with Crippen LogP contribution in [0.15, 0.2) is 47.4 Å². The minimum absolute atomic E-state index is 0.0251. The highest BCUT2D eigenvalue weighted by molar-refractivity contribution is 7.89. The fourth-order valence-electron chi connectivity index (χ4n) is 3.79. The van der Waals surface area contributed by atoms with Crippen molar-refractivity contribution in [1.82, 2.24) is 9.21 Å². The zero-order valence-corrected chi connectivity index (χ0v) is 17.4. The maximum absolute atomic E-state index is 13.1. The van der Waals surface area contributed by atoms with E-state index in [1.807, 2.05) is 0 Å². The lowest BCUT2D eigenvalue weighted by atomic mass is 10.1. The van der Waals surface area contributed by atoms with Gasteiger partial charge in [-0.05, 0) is 49.2 Å². The number of hydrogen-bond acceptors (Lipinski definition) is 4. The Labute approximate surface area is 178 Å². The first-order valence-corrected chi connectivity index (χ1v) is 11.3. The number of sulfonamides is 1. The normalized spacial score (nSPS) is 17.7. The van der Waals surface area contributed by atoms with Crippen molar-refractivity contribution >= 4 is 15.9 Å². The number of hydrogen-bond donors (Lipinski definition) is 0. The van der Waals surface area contributed by atoms with Crippen LogP contribution in [0.2, 0.25) is 0 Å². The summed E-state index contributed by atoms with van der Waals surface area (Å²) in [6.45, 7) is 1.28. The maximum atomic E-state index is 13.1. The van der Waals surface area contributed by atoms with Gasteiger partial charge in [-0.2, -0.15) is 17.5 Å². The number of likely N-dealkylation sites (tertiary alicyclic amines) is 1. The first-order chi connectivity index (χ1) is 14.7. The van der Waals surface area contributed by atoms with E-state index in [0.717, 1.165) is 35.3 Å². The number of nitrogens with zero attached hydrogens (tertiary/aromatic N) is 2.